The number of ether oxygens (including phenoxy) is 2. The van der Waals surface area contributed by atoms with Crippen molar-refractivity contribution in [2.75, 3.05) is 31.7 Å². The molecule has 0 unspecified atom stereocenters. The number of anilines is 1. The number of piperidine rings is 1. The van der Waals surface area contributed by atoms with Gasteiger partial charge in [0.05, 0.1) is 25.2 Å². The zero-order chi connectivity index (χ0) is 15.2. The Morgan fingerprint density at radius 3 is 2.86 bits per heavy atom. The van der Waals surface area contributed by atoms with Gasteiger partial charge in [0, 0.05) is 19.3 Å². The largest absolute Gasteiger partial charge is 0.469 e. The minimum absolute atomic E-state index is 0.115. The second kappa shape index (κ2) is 7.06. The van der Waals surface area contributed by atoms with E-state index in [9.17, 15) is 9.59 Å². The highest BCUT2D eigenvalue weighted by atomic mass is 16.5. The fourth-order valence-corrected chi connectivity index (χ4v) is 2.45. The lowest BCUT2D eigenvalue weighted by Crippen LogP contribution is -2.39. The SMILES string of the molecule is CCOC(=O)c1ccc(N2CCC[C@H](C(=O)OC)C2)nc1. The predicted octanol–water partition coefficient (Wildman–Crippen LogP) is 1.65. The molecule has 1 fully saturated rings. The number of nitrogens with zero attached hydrogens (tertiary/aromatic N) is 2. The summed E-state index contributed by atoms with van der Waals surface area (Å²) >= 11 is 0. The van der Waals surface area contributed by atoms with E-state index >= 15 is 0 Å². The molecule has 2 rings (SSSR count). The average Bonchev–Trinajstić information content (AvgIpc) is 2.54. The summed E-state index contributed by atoms with van der Waals surface area (Å²) in [6.45, 7) is 3.55. The van der Waals surface area contributed by atoms with Gasteiger partial charge in [-0.2, -0.15) is 0 Å². The Kier molecular flexibility index (Phi) is 5.14. The molecule has 1 aliphatic heterocycles. The van der Waals surface area contributed by atoms with Crippen molar-refractivity contribution in [3.05, 3.63) is 23.9 Å². The number of hydrogen-bond donors (Lipinski definition) is 0. The maximum Gasteiger partial charge on any atom is 0.339 e. The Morgan fingerprint density at radius 2 is 2.24 bits per heavy atom. The molecular formula is C15H20N2O4. The quantitative estimate of drug-likeness (QED) is 0.786. The fraction of sp³-hybridized carbons (Fsp3) is 0.533. The van der Waals surface area contributed by atoms with Gasteiger partial charge in [-0.05, 0) is 31.9 Å². The van der Waals surface area contributed by atoms with Crippen LogP contribution in [-0.4, -0.2) is 43.7 Å². The first-order valence-electron chi connectivity index (χ1n) is 7.11. The van der Waals surface area contributed by atoms with Crippen LogP contribution in [0.15, 0.2) is 18.3 Å². The minimum atomic E-state index is -0.373. The van der Waals surface area contributed by atoms with Crippen molar-refractivity contribution < 1.29 is 19.1 Å². The Labute approximate surface area is 124 Å². The van der Waals surface area contributed by atoms with Crippen LogP contribution in [0, 0.1) is 5.92 Å². The first-order valence-corrected chi connectivity index (χ1v) is 7.11. The summed E-state index contributed by atoms with van der Waals surface area (Å²) in [6.07, 6.45) is 3.26. The van der Waals surface area contributed by atoms with E-state index in [-0.39, 0.29) is 17.9 Å². The van der Waals surface area contributed by atoms with Crippen LogP contribution in [0.1, 0.15) is 30.1 Å². The summed E-state index contributed by atoms with van der Waals surface area (Å²) in [5.74, 6) is 0.0948. The van der Waals surface area contributed by atoms with Crippen LogP contribution < -0.4 is 4.90 Å². The van der Waals surface area contributed by atoms with Crippen LogP contribution >= 0.6 is 0 Å². The number of methoxy groups -OCH3 is 1. The summed E-state index contributed by atoms with van der Waals surface area (Å²) < 4.78 is 9.73. The maximum absolute atomic E-state index is 11.6. The Balaban J connectivity index is 2.04. The van der Waals surface area contributed by atoms with Crippen molar-refractivity contribution in [2.45, 2.75) is 19.8 Å². The lowest BCUT2D eigenvalue weighted by Gasteiger charge is -2.32. The molecule has 1 aromatic rings. The van der Waals surface area contributed by atoms with Gasteiger partial charge in [0.2, 0.25) is 0 Å². The summed E-state index contributed by atoms with van der Waals surface area (Å²) in [7, 11) is 1.41. The first kappa shape index (κ1) is 15.3. The molecule has 114 valence electrons. The van der Waals surface area contributed by atoms with Gasteiger partial charge in [0.15, 0.2) is 0 Å². The predicted molar refractivity (Wildman–Crippen MR) is 77.1 cm³/mol. The molecule has 0 radical (unpaired) electrons. The van der Waals surface area contributed by atoms with E-state index in [4.69, 9.17) is 9.47 Å². The molecule has 1 aliphatic rings. The molecule has 0 bridgehead atoms. The van der Waals surface area contributed by atoms with Crippen molar-refractivity contribution in [1.29, 1.82) is 0 Å². The van der Waals surface area contributed by atoms with Gasteiger partial charge in [-0.25, -0.2) is 9.78 Å². The van der Waals surface area contributed by atoms with Gasteiger partial charge in [-0.1, -0.05) is 0 Å². The third-order valence-corrected chi connectivity index (χ3v) is 3.54. The van der Waals surface area contributed by atoms with Gasteiger partial charge in [-0.3, -0.25) is 4.79 Å². The van der Waals surface area contributed by atoms with E-state index in [1.807, 2.05) is 4.90 Å². The molecule has 0 aromatic carbocycles. The van der Waals surface area contributed by atoms with Gasteiger partial charge in [0.25, 0.3) is 0 Å². The second-order valence-electron chi connectivity index (χ2n) is 4.93. The highest BCUT2D eigenvalue weighted by molar-refractivity contribution is 5.89. The molecule has 6 nitrogen and oxygen atoms in total. The number of carbonyl (C=O) groups is 2. The molecule has 1 saturated heterocycles. The van der Waals surface area contributed by atoms with Crippen LogP contribution in [0.3, 0.4) is 0 Å². The number of rotatable bonds is 4. The summed E-state index contributed by atoms with van der Waals surface area (Å²) in [5.41, 5.74) is 0.433. The Bertz CT molecular complexity index is 501. The third-order valence-electron chi connectivity index (χ3n) is 3.54. The van der Waals surface area contributed by atoms with Crippen molar-refractivity contribution in [2.24, 2.45) is 5.92 Å². The van der Waals surface area contributed by atoms with E-state index in [2.05, 4.69) is 4.98 Å². The fourth-order valence-electron chi connectivity index (χ4n) is 2.45. The number of pyridine rings is 1. The zero-order valence-corrected chi connectivity index (χ0v) is 12.4. The molecule has 0 spiro atoms. The van der Waals surface area contributed by atoms with Crippen LogP contribution in [0.2, 0.25) is 0 Å². The smallest absolute Gasteiger partial charge is 0.339 e. The van der Waals surface area contributed by atoms with Crippen LogP contribution in [0.4, 0.5) is 5.82 Å². The van der Waals surface area contributed by atoms with E-state index in [0.29, 0.717) is 18.7 Å². The molecule has 1 aromatic heterocycles. The molecule has 1 atom stereocenters. The highest BCUT2D eigenvalue weighted by Gasteiger charge is 2.27. The average molecular weight is 292 g/mol. The van der Waals surface area contributed by atoms with Crippen molar-refractivity contribution in [3.63, 3.8) is 0 Å². The van der Waals surface area contributed by atoms with Crippen molar-refractivity contribution >= 4 is 17.8 Å². The van der Waals surface area contributed by atoms with Crippen LogP contribution in [0.25, 0.3) is 0 Å². The Hall–Kier alpha value is -2.11. The molecule has 0 amide bonds. The number of carbonyl (C=O) groups excluding carboxylic acids is 2. The Morgan fingerprint density at radius 1 is 1.43 bits per heavy atom. The molecule has 21 heavy (non-hydrogen) atoms. The summed E-state index contributed by atoms with van der Waals surface area (Å²) in [6, 6.07) is 3.48. The molecule has 0 aliphatic carbocycles. The number of hydrogen-bond acceptors (Lipinski definition) is 6. The minimum Gasteiger partial charge on any atom is -0.469 e. The molecular weight excluding hydrogens is 272 g/mol. The molecule has 6 heteroatoms. The number of esters is 2. The lowest BCUT2D eigenvalue weighted by atomic mass is 9.98. The monoisotopic (exact) mass is 292 g/mol. The van der Waals surface area contributed by atoms with Crippen molar-refractivity contribution in [1.82, 2.24) is 4.98 Å². The third kappa shape index (κ3) is 3.71. The van der Waals surface area contributed by atoms with E-state index in [0.717, 1.165) is 25.2 Å². The maximum atomic E-state index is 11.6. The highest BCUT2D eigenvalue weighted by Crippen LogP contribution is 2.22. The summed E-state index contributed by atoms with van der Waals surface area (Å²) in [4.78, 5) is 29.5. The van der Waals surface area contributed by atoms with E-state index in [1.54, 1.807) is 19.1 Å². The van der Waals surface area contributed by atoms with Crippen molar-refractivity contribution in [3.8, 4) is 0 Å². The van der Waals surface area contributed by atoms with Crippen LogP contribution in [0.5, 0.6) is 0 Å². The lowest BCUT2D eigenvalue weighted by molar-refractivity contribution is -0.145. The molecule has 0 saturated carbocycles. The first-order chi connectivity index (χ1) is 10.2. The molecule has 2 heterocycles. The van der Waals surface area contributed by atoms with Gasteiger partial charge in [0.1, 0.15) is 5.82 Å². The second-order valence-corrected chi connectivity index (χ2v) is 4.93. The van der Waals surface area contributed by atoms with Gasteiger partial charge in [-0.15, -0.1) is 0 Å². The van der Waals surface area contributed by atoms with Gasteiger partial charge >= 0.3 is 11.9 Å². The number of aromatic nitrogens is 1. The summed E-state index contributed by atoms with van der Waals surface area (Å²) in [5, 5.41) is 0. The molecule has 0 N–H and O–H groups in total. The normalized spacial score (nSPS) is 18.2. The zero-order valence-electron chi connectivity index (χ0n) is 12.4. The topological polar surface area (TPSA) is 68.7 Å². The standard InChI is InChI=1S/C15H20N2O4/c1-3-21-15(19)11-6-7-13(16-9-11)17-8-4-5-12(10-17)14(18)20-2/h6-7,9,12H,3-5,8,10H2,1-2H3/t12-/m0/s1. The van der Waals surface area contributed by atoms with Crippen LogP contribution in [-0.2, 0) is 14.3 Å². The van der Waals surface area contributed by atoms with E-state index in [1.165, 1.54) is 13.3 Å². The van der Waals surface area contributed by atoms with Gasteiger partial charge < -0.3 is 14.4 Å². The van der Waals surface area contributed by atoms with E-state index < -0.39 is 0 Å².